The van der Waals surface area contributed by atoms with Gasteiger partial charge in [0.25, 0.3) is 5.56 Å². The Morgan fingerprint density at radius 1 is 1.36 bits per heavy atom. The van der Waals surface area contributed by atoms with Crippen LogP contribution in [-0.2, 0) is 11.2 Å². The predicted octanol–water partition coefficient (Wildman–Crippen LogP) is 2.47. The predicted molar refractivity (Wildman–Crippen MR) is 81.8 cm³/mol. The third-order valence-corrected chi connectivity index (χ3v) is 4.27. The minimum absolute atomic E-state index is 0.0340. The van der Waals surface area contributed by atoms with E-state index in [1.54, 1.807) is 6.92 Å². The van der Waals surface area contributed by atoms with Gasteiger partial charge in [-0.25, -0.2) is 9.78 Å². The maximum Gasteiger partial charge on any atom is 0.411 e. The van der Waals surface area contributed by atoms with Crippen molar-refractivity contribution in [2.24, 2.45) is 0 Å². The first kappa shape index (κ1) is 15.1. The first-order chi connectivity index (χ1) is 10.3. The molecule has 1 N–H and O–H groups in total. The summed E-state index contributed by atoms with van der Waals surface area (Å²) in [6.45, 7) is 7.37. The number of rotatable bonds is 0. The first-order valence-electron chi connectivity index (χ1n) is 7.87. The van der Waals surface area contributed by atoms with Crippen LogP contribution in [0.1, 0.15) is 63.2 Å². The highest BCUT2D eigenvalue weighted by Gasteiger charge is 2.43. The van der Waals surface area contributed by atoms with Gasteiger partial charge in [0.15, 0.2) is 0 Å². The highest BCUT2D eigenvalue weighted by molar-refractivity contribution is 5.70. The van der Waals surface area contributed by atoms with Crippen LogP contribution < -0.4 is 5.56 Å². The van der Waals surface area contributed by atoms with Crippen molar-refractivity contribution in [2.45, 2.75) is 71.1 Å². The molecule has 0 spiro atoms. The summed E-state index contributed by atoms with van der Waals surface area (Å²) in [7, 11) is 0. The molecule has 0 radical (unpaired) electrons. The molecule has 2 atom stereocenters. The van der Waals surface area contributed by atoms with Crippen LogP contribution in [0, 0.1) is 6.92 Å². The summed E-state index contributed by atoms with van der Waals surface area (Å²) in [5.74, 6) is 0.594. The van der Waals surface area contributed by atoms with Gasteiger partial charge in [-0.3, -0.25) is 9.69 Å². The van der Waals surface area contributed by atoms with Crippen LogP contribution in [0.25, 0.3) is 0 Å². The maximum atomic E-state index is 12.6. The molecule has 1 aromatic rings. The first-order valence-corrected chi connectivity index (χ1v) is 7.87. The fourth-order valence-electron chi connectivity index (χ4n) is 3.48. The topological polar surface area (TPSA) is 75.3 Å². The molecular formula is C16H23N3O3. The van der Waals surface area contributed by atoms with Crippen LogP contribution in [-0.4, -0.2) is 32.6 Å². The summed E-state index contributed by atoms with van der Waals surface area (Å²) in [5.41, 5.74) is 0.898. The SMILES string of the molecule is Cc1nc2c(c(=O)[nH]1)C[C@H]1CCC[C@@H]2N1C(=O)OC(C)(C)C. The average Bonchev–Trinajstić information content (AvgIpc) is 2.38. The van der Waals surface area contributed by atoms with Crippen molar-refractivity contribution in [3.8, 4) is 0 Å². The number of nitrogens with one attached hydrogen (secondary N) is 1. The summed E-state index contributed by atoms with van der Waals surface area (Å²) >= 11 is 0. The number of hydrogen-bond donors (Lipinski definition) is 1. The van der Waals surface area contributed by atoms with E-state index in [1.165, 1.54) is 0 Å². The number of carbonyl (C=O) groups is 1. The Morgan fingerprint density at radius 3 is 2.77 bits per heavy atom. The minimum Gasteiger partial charge on any atom is -0.444 e. The molecule has 1 aromatic heterocycles. The lowest BCUT2D eigenvalue weighted by molar-refractivity contribution is -0.0107. The molecule has 120 valence electrons. The molecule has 1 fully saturated rings. The Morgan fingerprint density at radius 2 is 2.09 bits per heavy atom. The molecule has 2 aliphatic heterocycles. The molecule has 2 aliphatic rings. The van der Waals surface area contributed by atoms with E-state index in [4.69, 9.17) is 4.74 Å². The van der Waals surface area contributed by atoms with Gasteiger partial charge in [0.1, 0.15) is 11.4 Å². The highest BCUT2D eigenvalue weighted by Crippen LogP contribution is 2.40. The summed E-state index contributed by atoms with van der Waals surface area (Å²) in [6, 6.07) is -0.106. The highest BCUT2D eigenvalue weighted by atomic mass is 16.6. The third-order valence-electron chi connectivity index (χ3n) is 4.27. The Bertz CT molecular complexity index is 660. The Hall–Kier alpha value is -1.85. The van der Waals surface area contributed by atoms with E-state index in [0.29, 0.717) is 12.2 Å². The van der Waals surface area contributed by atoms with Gasteiger partial charge in [-0.2, -0.15) is 0 Å². The standard InChI is InChI=1S/C16H23N3O3/c1-9-17-13-11(14(20)18-9)8-10-6-5-7-12(13)19(10)15(21)22-16(2,3)4/h10,12H,5-8H2,1-4H3,(H,17,18,20)/t10-,12+/m1/s1. The summed E-state index contributed by atoms with van der Waals surface area (Å²) in [6.07, 6.45) is 3.05. The second kappa shape index (κ2) is 5.11. The van der Waals surface area contributed by atoms with E-state index < -0.39 is 5.60 Å². The maximum absolute atomic E-state index is 12.6. The number of aromatic nitrogens is 2. The molecule has 0 aliphatic carbocycles. The van der Waals surface area contributed by atoms with Crippen molar-refractivity contribution >= 4 is 6.09 Å². The van der Waals surface area contributed by atoms with Gasteiger partial charge in [-0.15, -0.1) is 0 Å². The summed E-state index contributed by atoms with van der Waals surface area (Å²) in [4.78, 5) is 33.9. The molecule has 3 heterocycles. The second-order valence-corrected chi connectivity index (χ2v) is 7.21. The number of hydrogen-bond acceptors (Lipinski definition) is 4. The normalized spacial score (nSPS) is 23.9. The molecule has 2 bridgehead atoms. The van der Waals surface area contributed by atoms with E-state index in [1.807, 2.05) is 25.7 Å². The minimum atomic E-state index is -0.525. The lowest BCUT2D eigenvalue weighted by atomic mass is 9.83. The van der Waals surface area contributed by atoms with Crippen LogP contribution in [0.15, 0.2) is 4.79 Å². The van der Waals surface area contributed by atoms with Gasteiger partial charge in [-0.05, 0) is 47.0 Å². The van der Waals surface area contributed by atoms with Crippen LogP contribution >= 0.6 is 0 Å². The van der Waals surface area contributed by atoms with Gasteiger partial charge in [0, 0.05) is 18.0 Å². The quantitative estimate of drug-likeness (QED) is 0.799. The van der Waals surface area contributed by atoms with Crippen LogP contribution in [0.2, 0.25) is 0 Å². The zero-order chi connectivity index (χ0) is 16.1. The molecule has 1 amide bonds. The average molecular weight is 305 g/mol. The Balaban J connectivity index is 2.00. The number of H-pyrrole nitrogens is 1. The molecule has 0 aromatic carbocycles. The van der Waals surface area contributed by atoms with Crippen molar-refractivity contribution in [1.82, 2.24) is 14.9 Å². The molecule has 1 saturated heterocycles. The smallest absolute Gasteiger partial charge is 0.411 e. The van der Waals surface area contributed by atoms with Crippen LogP contribution in [0.3, 0.4) is 0 Å². The number of aromatic amines is 1. The number of piperidine rings is 1. The number of carbonyl (C=O) groups excluding carboxylic acids is 1. The lowest BCUT2D eigenvalue weighted by Gasteiger charge is -2.45. The van der Waals surface area contributed by atoms with Gasteiger partial charge in [0.2, 0.25) is 0 Å². The van der Waals surface area contributed by atoms with Crippen LogP contribution in [0.5, 0.6) is 0 Å². The van der Waals surface area contributed by atoms with E-state index in [0.717, 1.165) is 30.5 Å². The largest absolute Gasteiger partial charge is 0.444 e. The summed E-state index contributed by atoms with van der Waals surface area (Å²) in [5, 5.41) is 0. The zero-order valence-electron chi connectivity index (χ0n) is 13.6. The molecule has 22 heavy (non-hydrogen) atoms. The third kappa shape index (κ3) is 2.62. The Labute approximate surface area is 129 Å². The van der Waals surface area contributed by atoms with Gasteiger partial charge < -0.3 is 9.72 Å². The second-order valence-electron chi connectivity index (χ2n) is 7.21. The van der Waals surface area contributed by atoms with Crippen molar-refractivity contribution in [3.63, 3.8) is 0 Å². The van der Waals surface area contributed by atoms with E-state index in [2.05, 4.69) is 9.97 Å². The number of nitrogens with zero attached hydrogens (tertiary/aromatic N) is 2. The molecule has 0 unspecified atom stereocenters. The summed E-state index contributed by atoms with van der Waals surface area (Å²) < 4.78 is 5.56. The van der Waals surface area contributed by atoms with E-state index >= 15 is 0 Å². The molecule has 6 nitrogen and oxygen atoms in total. The van der Waals surface area contributed by atoms with Crippen molar-refractivity contribution in [3.05, 3.63) is 27.4 Å². The molecule has 6 heteroatoms. The van der Waals surface area contributed by atoms with Gasteiger partial charge in [0.05, 0.1) is 11.7 Å². The number of ether oxygens (including phenoxy) is 1. The zero-order valence-corrected chi connectivity index (χ0v) is 13.6. The van der Waals surface area contributed by atoms with Gasteiger partial charge in [-0.1, -0.05) is 0 Å². The van der Waals surface area contributed by atoms with E-state index in [9.17, 15) is 9.59 Å². The number of fused-ring (bicyclic) bond motifs is 4. The molecular weight excluding hydrogens is 282 g/mol. The van der Waals surface area contributed by atoms with Crippen molar-refractivity contribution in [1.29, 1.82) is 0 Å². The molecule has 3 rings (SSSR count). The molecule has 0 saturated carbocycles. The monoisotopic (exact) mass is 305 g/mol. The van der Waals surface area contributed by atoms with Crippen molar-refractivity contribution < 1.29 is 9.53 Å². The fourth-order valence-corrected chi connectivity index (χ4v) is 3.48. The Kier molecular flexibility index (Phi) is 3.50. The lowest BCUT2D eigenvalue weighted by Crippen LogP contribution is -2.53. The van der Waals surface area contributed by atoms with Gasteiger partial charge >= 0.3 is 6.09 Å². The van der Waals surface area contributed by atoms with E-state index in [-0.39, 0.29) is 23.7 Å². The van der Waals surface area contributed by atoms with Crippen LogP contribution in [0.4, 0.5) is 4.79 Å². The number of amides is 1. The number of aryl methyl sites for hydroxylation is 1. The van der Waals surface area contributed by atoms with Crippen molar-refractivity contribution in [2.75, 3.05) is 0 Å². The fraction of sp³-hybridized carbons (Fsp3) is 0.688.